The number of benzene rings is 1. The van der Waals surface area contributed by atoms with Crippen LogP contribution in [-0.4, -0.2) is 27.4 Å². The highest BCUT2D eigenvalue weighted by Gasteiger charge is 2.37. The Hall–Kier alpha value is -2.84. The zero-order valence-corrected chi connectivity index (χ0v) is 18.2. The molecule has 0 amide bonds. The van der Waals surface area contributed by atoms with Crippen LogP contribution < -0.4 is 5.56 Å². The SMILES string of the molecule is CC[C@H]1O[C@H](C#Cc2cc(-c3c[nH]c(=O)cc3C)cc3cn[nH]c23)[C@@H](C)[C@@H](C)C1C. The summed E-state index contributed by atoms with van der Waals surface area (Å²) in [4.78, 5) is 14.4. The van der Waals surface area contributed by atoms with E-state index in [2.05, 4.69) is 66.8 Å². The molecule has 2 N–H and O–H groups in total. The summed E-state index contributed by atoms with van der Waals surface area (Å²) in [5, 5.41) is 8.28. The van der Waals surface area contributed by atoms with E-state index in [-0.39, 0.29) is 17.8 Å². The highest BCUT2D eigenvalue weighted by molar-refractivity contribution is 5.89. The molecule has 1 fully saturated rings. The van der Waals surface area contributed by atoms with Gasteiger partial charge in [-0.25, -0.2) is 0 Å². The van der Waals surface area contributed by atoms with Crippen molar-refractivity contribution in [2.75, 3.05) is 0 Å². The van der Waals surface area contributed by atoms with Gasteiger partial charge in [-0.2, -0.15) is 5.10 Å². The monoisotopic (exact) mass is 403 g/mol. The first kappa shape index (κ1) is 20.4. The summed E-state index contributed by atoms with van der Waals surface area (Å²) in [5.74, 6) is 8.26. The molecule has 1 unspecified atom stereocenters. The summed E-state index contributed by atoms with van der Waals surface area (Å²) in [5.41, 5.74) is 4.63. The normalized spacial score (nSPS) is 26.4. The number of fused-ring (bicyclic) bond motifs is 1. The first-order valence-electron chi connectivity index (χ1n) is 10.7. The van der Waals surface area contributed by atoms with Crippen LogP contribution in [0.3, 0.4) is 0 Å². The third-order valence-corrected chi connectivity index (χ3v) is 6.79. The van der Waals surface area contributed by atoms with Crippen LogP contribution >= 0.6 is 0 Å². The Balaban J connectivity index is 1.75. The van der Waals surface area contributed by atoms with Gasteiger partial charge in [0.25, 0.3) is 0 Å². The lowest BCUT2D eigenvalue weighted by molar-refractivity contribution is -0.109. The number of aromatic nitrogens is 3. The Morgan fingerprint density at radius 3 is 2.67 bits per heavy atom. The van der Waals surface area contributed by atoms with Gasteiger partial charge in [-0.1, -0.05) is 39.5 Å². The first-order valence-corrected chi connectivity index (χ1v) is 10.7. The maximum absolute atomic E-state index is 11.6. The van der Waals surface area contributed by atoms with Gasteiger partial charge >= 0.3 is 0 Å². The number of nitrogens with one attached hydrogen (secondary N) is 2. The molecule has 0 aliphatic carbocycles. The predicted molar refractivity (Wildman–Crippen MR) is 120 cm³/mol. The molecule has 0 spiro atoms. The maximum atomic E-state index is 11.6. The molecule has 3 heterocycles. The van der Waals surface area contributed by atoms with Crippen LogP contribution in [0.4, 0.5) is 0 Å². The Labute approximate surface area is 177 Å². The van der Waals surface area contributed by atoms with Crippen LogP contribution in [0.25, 0.3) is 22.0 Å². The lowest BCUT2D eigenvalue weighted by atomic mass is 9.76. The molecule has 1 saturated heterocycles. The molecule has 2 aromatic heterocycles. The average Bonchev–Trinajstić information content (AvgIpc) is 3.20. The molecule has 1 aromatic carbocycles. The second-order valence-electron chi connectivity index (χ2n) is 8.60. The van der Waals surface area contributed by atoms with Crippen LogP contribution in [0.1, 0.15) is 45.2 Å². The highest BCUT2D eigenvalue weighted by Crippen LogP contribution is 2.36. The lowest BCUT2D eigenvalue weighted by Gasteiger charge is -2.41. The standard InChI is InChI=1S/C25H29N3O2/c1-6-22-16(4)15(3)17(5)23(30-22)8-7-18-10-19(11-20-12-27-28-25(18)20)21-13-26-24(29)9-14(21)2/h9-13,15-17,22-23H,6H2,1-5H3,(H,26,29)(H,27,28)/t15-,16?,17-,22+,23+/m0/s1. The molecule has 0 radical (unpaired) electrons. The van der Waals surface area contributed by atoms with Crippen molar-refractivity contribution in [3.63, 3.8) is 0 Å². The molecule has 0 saturated carbocycles. The second-order valence-corrected chi connectivity index (χ2v) is 8.60. The smallest absolute Gasteiger partial charge is 0.248 e. The fraction of sp³-hybridized carbons (Fsp3) is 0.440. The minimum Gasteiger partial charge on any atom is -0.362 e. The minimum absolute atomic E-state index is 0.0856. The van der Waals surface area contributed by atoms with Gasteiger partial charge < -0.3 is 9.72 Å². The molecule has 1 aliphatic rings. The minimum atomic E-state index is -0.0992. The van der Waals surface area contributed by atoms with Crippen molar-refractivity contribution in [3.05, 3.63) is 52.1 Å². The zero-order chi connectivity index (χ0) is 21.4. The van der Waals surface area contributed by atoms with Gasteiger partial charge in [0.05, 0.1) is 23.4 Å². The number of hydrogen-bond acceptors (Lipinski definition) is 3. The fourth-order valence-electron chi connectivity index (χ4n) is 4.51. The Kier molecular flexibility index (Phi) is 5.53. The number of aromatic amines is 2. The number of aryl methyl sites for hydroxylation is 1. The Morgan fingerprint density at radius 2 is 1.93 bits per heavy atom. The first-order chi connectivity index (χ1) is 14.4. The summed E-state index contributed by atoms with van der Waals surface area (Å²) in [6.45, 7) is 10.9. The fourth-order valence-corrected chi connectivity index (χ4v) is 4.51. The Bertz CT molecular complexity index is 1180. The predicted octanol–water partition coefficient (Wildman–Crippen LogP) is 4.66. The van der Waals surface area contributed by atoms with E-state index in [1.165, 1.54) is 0 Å². The molecule has 5 heteroatoms. The van der Waals surface area contributed by atoms with Crippen LogP contribution in [0.15, 0.2) is 35.4 Å². The van der Waals surface area contributed by atoms with Crippen LogP contribution in [0.2, 0.25) is 0 Å². The molecule has 0 bridgehead atoms. The summed E-state index contributed by atoms with van der Waals surface area (Å²) in [7, 11) is 0. The highest BCUT2D eigenvalue weighted by atomic mass is 16.5. The van der Waals surface area contributed by atoms with E-state index in [9.17, 15) is 4.79 Å². The van der Waals surface area contributed by atoms with Crippen LogP contribution in [-0.2, 0) is 4.74 Å². The van der Waals surface area contributed by atoms with Gasteiger partial charge in [0.15, 0.2) is 0 Å². The van der Waals surface area contributed by atoms with Crippen molar-refractivity contribution in [3.8, 4) is 23.0 Å². The van der Waals surface area contributed by atoms with Crippen molar-refractivity contribution >= 4 is 10.9 Å². The zero-order valence-electron chi connectivity index (χ0n) is 18.2. The van der Waals surface area contributed by atoms with Gasteiger partial charge in [-0.15, -0.1) is 0 Å². The summed E-state index contributed by atoms with van der Waals surface area (Å²) < 4.78 is 6.35. The van der Waals surface area contributed by atoms with Gasteiger partial charge in [-0.3, -0.25) is 9.89 Å². The molecule has 3 aromatic rings. The van der Waals surface area contributed by atoms with Gasteiger partial charge in [0, 0.05) is 23.2 Å². The average molecular weight is 404 g/mol. The third kappa shape index (κ3) is 3.68. The lowest BCUT2D eigenvalue weighted by Crippen LogP contribution is -2.43. The number of H-pyrrole nitrogens is 2. The van der Waals surface area contributed by atoms with Gasteiger partial charge in [0.1, 0.15) is 6.10 Å². The molecular formula is C25H29N3O2. The number of pyridine rings is 1. The molecule has 5 atom stereocenters. The van der Waals surface area contributed by atoms with E-state index >= 15 is 0 Å². The molecular weight excluding hydrogens is 374 g/mol. The van der Waals surface area contributed by atoms with Crippen LogP contribution in [0.5, 0.6) is 0 Å². The van der Waals surface area contributed by atoms with Crippen molar-refractivity contribution in [1.82, 2.24) is 15.2 Å². The van der Waals surface area contributed by atoms with E-state index in [4.69, 9.17) is 4.74 Å². The van der Waals surface area contributed by atoms with Gasteiger partial charge in [-0.05, 0) is 54.4 Å². The van der Waals surface area contributed by atoms with E-state index in [0.29, 0.717) is 17.8 Å². The molecule has 30 heavy (non-hydrogen) atoms. The Morgan fingerprint density at radius 1 is 1.13 bits per heavy atom. The molecule has 4 rings (SSSR count). The summed E-state index contributed by atoms with van der Waals surface area (Å²) in [6.07, 6.45) is 4.73. The second kappa shape index (κ2) is 8.12. The molecule has 5 nitrogen and oxygen atoms in total. The number of rotatable bonds is 2. The largest absolute Gasteiger partial charge is 0.362 e. The van der Waals surface area contributed by atoms with Crippen molar-refractivity contribution < 1.29 is 4.74 Å². The van der Waals surface area contributed by atoms with E-state index < -0.39 is 0 Å². The van der Waals surface area contributed by atoms with Crippen molar-refractivity contribution in [2.45, 2.75) is 53.2 Å². The number of hydrogen-bond donors (Lipinski definition) is 2. The summed E-state index contributed by atoms with van der Waals surface area (Å²) in [6, 6.07) is 5.75. The van der Waals surface area contributed by atoms with Crippen molar-refractivity contribution in [1.29, 1.82) is 0 Å². The maximum Gasteiger partial charge on any atom is 0.248 e. The van der Waals surface area contributed by atoms with E-state index in [1.54, 1.807) is 12.3 Å². The van der Waals surface area contributed by atoms with Gasteiger partial charge in [0.2, 0.25) is 5.56 Å². The van der Waals surface area contributed by atoms with Crippen molar-refractivity contribution in [2.24, 2.45) is 17.8 Å². The van der Waals surface area contributed by atoms with Crippen LogP contribution in [0, 0.1) is 36.5 Å². The summed E-state index contributed by atoms with van der Waals surface area (Å²) >= 11 is 0. The quantitative estimate of drug-likeness (QED) is 0.611. The molecule has 1 aliphatic heterocycles. The van der Waals surface area contributed by atoms with E-state index in [0.717, 1.165) is 39.6 Å². The third-order valence-electron chi connectivity index (χ3n) is 6.79. The number of ether oxygens (including phenoxy) is 1. The van der Waals surface area contributed by atoms with E-state index in [1.807, 2.05) is 13.1 Å². The number of nitrogens with zero attached hydrogens (tertiary/aromatic N) is 1. The molecule has 156 valence electrons. The topological polar surface area (TPSA) is 70.8 Å².